The minimum atomic E-state index is -2.14. The molecule has 1 heterocycles. The molecule has 3 nitrogen and oxygen atoms in total. The van der Waals surface area contributed by atoms with E-state index in [1.54, 1.807) is 6.20 Å². The second-order valence-corrected chi connectivity index (χ2v) is 18.7. The van der Waals surface area contributed by atoms with Gasteiger partial charge in [-0.3, -0.25) is 4.98 Å². The van der Waals surface area contributed by atoms with Crippen LogP contribution in [0, 0.1) is 5.95 Å². The van der Waals surface area contributed by atoms with Gasteiger partial charge in [0.2, 0.25) is 5.95 Å². The van der Waals surface area contributed by atoms with E-state index in [-0.39, 0.29) is 5.69 Å². The summed E-state index contributed by atoms with van der Waals surface area (Å²) in [4.78, 5) is 9.01. The van der Waals surface area contributed by atoms with Crippen LogP contribution in [0.1, 0.15) is 16.8 Å². The Labute approximate surface area is 175 Å². The molecule has 6 heteroatoms. The predicted octanol–water partition coefficient (Wildman–Crippen LogP) is 5.30. The van der Waals surface area contributed by atoms with Gasteiger partial charge < -0.3 is 4.43 Å². The Morgan fingerprint density at radius 3 is 1.66 bits per heavy atom. The van der Waals surface area contributed by atoms with Crippen LogP contribution in [0.25, 0.3) is 0 Å². The van der Waals surface area contributed by atoms with Gasteiger partial charge in [-0.2, -0.15) is 4.39 Å². The van der Waals surface area contributed by atoms with E-state index in [4.69, 9.17) is 4.43 Å². The molecule has 0 fully saturated rings. The van der Waals surface area contributed by atoms with E-state index >= 15 is 4.39 Å². The Kier molecular flexibility index (Phi) is 5.89. The fraction of sp³-hybridized carbons (Fsp3) is 0.304. The lowest BCUT2D eigenvalue weighted by Gasteiger charge is -2.39. The molecule has 0 aliphatic rings. The SMILES string of the molecule is C[Si](C)(C)OC(c1ccccc1)(c1ccccc1)c1ncc([Si](C)(C)C)nc1F. The van der Waals surface area contributed by atoms with Crippen molar-refractivity contribution in [2.24, 2.45) is 0 Å². The van der Waals surface area contributed by atoms with Gasteiger partial charge in [-0.05, 0) is 30.8 Å². The first-order chi connectivity index (χ1) is 13.5. The normalized spacial score (nSPS) is 12.8. The zero-order chi connectivity index (χ0) is 21.3. The third-order valence-electron chi connectivity index (χ3n) is 4.65. The van der Waals surface area contributed by atoms with E-state index in [0.29, 0.717) is 0 Å². The molecule has 0 atom stereocenters. The van der Waals surface area contributed by atoms with Gasteiger partial charge in [-0.1, -0.05) is 80.3 Å². The van der Waals surface area contributed by atoms with Crippen LogP contribution in [0.3, 0.4) is 0 Å². The van der Waals surface area contributed by atoms with Crippen molar-refractivity contribution in [3.05, 3.63) is 89.6 Å². The molecular formula is C23H29FN2OSi2. The van der Waals surface area contributed by atoms with Crippen LogP contribution in [0.15, 0.2) is 66.9 Å². The Morgan fingerprint density at radius 2 is 1.28 bits per heavy atom. The largest absolute Gasteiger partial charge is 0.399 e. The molecule has 0 radical (unpaired) electrons. The zero-order valence-corrected chi connectivity index (χ0v) is 20.0. The molecule has 2 aromatic carbocycles. The second kappa shape index (κ2) is 7.93. The molecule has 0 amide bonds. The lowest BCUT2D eigenvalue weighted by Crippen LogP contribution is -2.46. The summed E-state index contributed by atoms with van der Waals surface area (Å²) in [6.45, 7) is 12.7. The molecule has 0 bridgehead atoms. The van der Waals surface area contributed by atoms with Gasteiger partial charge in [0.25, 0.3) is 0 Å². The van der Waals surface area contributed by atoms with Crippen LogP contribution in [-0.4, -0.2) is 26.4 Å². The van der Waals surface area contributed by atoms with Crippen LogP contribution in [0.5, 0.6) is 0 Å². The van der Waals surface area contributed by atoms with Crippen molar-refractivity contribution in [3.8, 4) is 0 Å². The molecule has 0 N–H and O–H groups in total. The van der Waals surface area contributed by atoms with Crippen molar-refractivity contribution in [2.75, 3.05) is 0 Å². The highest BCUT2D eigenvalue weighted by molar-refractivity contribution is 6.88. The first-order valence-electron chi connectivity index (χ1n) is 9.89. The lowest BCUT2D eigenvalue weighted by atomic mass is 9.83. The number of rotatable bonds is 6. The van der Waals surface area contributed by atoms with Gasteiger partial charge in [-0.25, -0.2) is 4.98 Å². The van der Waals surface area contributed by atoms with Crippen molar-refractivity contribution >= 4 is 21.7 Å². The van der Waals surface area contributed by atoms with Crippen molar-refractivity contribution in [1.82, 2.24) is 9.97 Å². The van der Waals surface area contributed by atoms with Crippen LogP contribution >= 0.6 is 0 Å². The maximum atomic E-state index is 15.6. The smallest absolute Gasteiger partial charge is 0.238 e. The summed E-state index contributed by atoms with van der Waals surface area (Å²) in [6.07, 6.45) is 1.73. The van der Waals surface area contributed by atoms with Gasteiger partial charge >= 0.3 is 0 Å². The van der Waals surface area contributed by atoms with E-state index in [1.807, 2.05) is 60.7 Å². The van der Waals surface area contributed by atoms with Gasteiger partial charge in [0.05, 0.1) is 0 Å². The van der Waals surface area contributed by atoms with Gasteiger partial charge in [0, 0.05) is 11.5 Å². The van der Waals surface area contributed by atoms with Gasteiger partial charge in [0.15, 0.2) is 13.9 Å². The van der Waals surface area contributed by atoms with Crippen molar-refractivity contribution in [3.63, 3.8) is 0 Å². The van der Waals surface area contributed by atoms with E-state index < -0.39 is 27.9 Å². The van der Waals surface area contributed by atoms with E-state index in [0.717, 1.165) is 16.4 Å². The Hall–Kier alpha value is -2.16. The van der Waals surface area contributed by atoms with Crippen molar-refractivity contribution < 1.29 is 8.82 Å². The minimum absolute atomic E-state index is 0.222. The minimum Gasteiger partial charge on any atom is -0.399 e. The molecule has 0 aliphatic heterocycles. The number of aromatic nitrogens is 2. The highest BCUT2D eigenvalue weighted by Gasteiger charge is 2.45. The van der Waals surface area contributed by atoms with Gasteiger partial charge in [-0.15, -0.1) is 0 Å². The number of halogens is 1. The first kappa shape index (κ1) is 21.6. The second-order valence-electron chi connectivity index (χ2n) is 9.27. The maximum absolute atomic E-state index is 15.6. The fourth-order valence-electron chi connectivity index (χ4n) is 3.38. The maximum Gasteiger partial charge on any atom is 0.238 e. The van der Waals surface area contributed by atoms with Crippen LogP contribution < -0.4 is 5.32 Å². The number of hydrogen-bond acceptors (Lipinski definition) is 3. The van der Waals surface area contributed by atoms with E-state index in [9.17, 15) is 0 Å². The first-order valence-corrected chi connectivity index (χ1v) is 16.8. The van der Waals surface area contributed by atoms with Crippen molar-refractivity contribution in [2.45, 2.75) is 44.9 Å². The van der Waals surface area contributed by atoms with Crippen LogP contribution in [0.2, 0.25) is 39.3 Å². The summed E-state index contributed by atoms with van der Waals surface area (Å²) in [5.74, 6) is -0.559. The molecule has 0 unspecified atom stereocenters. The number of nitrogens with zero attached hydrogens (tertiary/aromatic N) is 2. The molecule has 152 valence electrons. The molecule has 0 aliphatic carbocycles. The van der Waals surface area contributed by atoms with Gasteiger partial charge in [0.1, 0.15) is 13.8 Å². The molecule has 0 saturated carbocycles. The molecule has 0 saturated heterocycles. The summed E-state index contributed by atoms with van der Waals surface area (Å²) in [6, 6.07) is 19.6. The predicted molar refractivity (Wildman–Crippen MR) is 122 cm³/mol. The molecule has 29 heavy (non-hydrogen) atoms. The summed E-state index contributed by atoms with van der Waals surface area (Å²) >= 11 is 0. The van der Waals surface area contributed by atoms with Crippen LogP contribution in [-0.2, 0) is 10.0 Å². The molecular weight excluding hydrogens is 395 g/mol. The quantitative estimate of drug-likeness (QED) is 0.503. The van der Waals surface area contributed by atoms with Crippen LogP contribution in [0.4, 0.5) is 4.39 Å². The highest BCUT2D eigenvalue weighted by atomic mass is 28.4. The summed E-state index contributed by atoms with van der Waals surface area (Å²) in [5.41, 5.74) is 0.770. The van der Waals surface area contributed by atoms with Crippen molar-refractivity contribution in [1.29, 1.82) is 0 Å². The third kappa shape index (κ3) is 4.55. The summed E-state index contributed by atoms with van der Waals surface area (Å²) in [7, 11) is -3.94. The molecule has 3 rings (SSSR count). The highest BCUT2D eigenvalue weighted by Crippen LogP contribution is 2.42. The average molecular weight is 425 g/mol. The molecule has 3 aromatic rings. The third-order valence-corrected chi connectivity index (χ3v) is 7.35. The Balaban J connectivity index is 2.36. The standard InChI is InChI=1S/C23H29FN2OSi2/c1-28(2,3)20-17-25-21(22(24)26-20)23(27-29(4,5)6,18-13-9-7-10-14-18)19-15-11-8-12-16-19/h7-17H,1-6H3. The summed E-state index contributed by atoms with van der Waals surface area (Å²) in [5, 5.41) is 0.752. The van der Waals surface area contributed by atoms with E-state index in [2.05, 4.69) is 49.3 Å². The number of hydrogen-bond donors (Lipinski definition) is 0. The lowest BCUT2D eigenvalue weighted by molar-refractivity contribution is 0.135. The molecule has 1 aromatic heterocycles. The van der Waals surface area contributed by atoms with E-state index in [1.165, 1.54) is 0 Å². The molecule has 0 spiro atoms. The average Bonchev–Trinajstić information content (AvgIpc) is 2.66. The zero-order valence-electron chi connectivity index (χ0n) is 18.0. The Bertz CT molecular complexity index is 928. The monoisotopic (exact) mass is 424 g/mol. The fourth-order valence-corrected chi connectivity index (χ4v) is 5.51. The topological polar surface area (TPSA) is 35.0 Å². The Morgan fingerprint density at radius 1 is 0.793 bits per heavy atom. The number of benzene rings is 2. The summed E-state index contributed by atoms with van der Waals surface area (Å²) < 4.78 is 22.4.